The van der Waals surface area contributed by atoms with Crippen LogP contribution in [0.2, 0.25) is 0 Å². The first-order valence-electron chi connectivity index (χ1n) is 10.3. The number of cyclic esters (lactones) is 1. The van der Waals surface area contributed by atoms with Gasteiger partial charge in [-0.3, -0.25) is 9.59 Å². The average molecular weight is 395 g/mol. The maximum Gasteiger partial charge on any atom is 0.317 e. The normalized spacial score (nSPS) is 21.9. The first-order chi connectivity index (χ1) is 13.9. The molecule has 0 amide bonds. The molecule has 0 aromatic heterocycles. The van der Waals surface area contributed by atoms with Crippen molar-refractivity contribution < 1.29 is 14.3 Å². The number of Topliss-reactive ketones (excluding diaryl/α,β-unsaturated/α-hetero) is 1. The van der Waals surface area contributed by atoms with Gasteiger partial charge in [0.15, 0.2) is 5.78 Å². The van der Waals surface area contributed by atoms with Gasteiger partial charge in [0.25, 0.3) is 0 Å². The first-order valence-corrected chi connectivity index (χ1v) is 10.3. The van der Waals surface area contributed by atoms with Gasteiger partial charge >= 0.3 is 5.97 Å². The topological polar surface area (TPSA) is 72.6 Å². The molecule has 2 aromatic carbocycles. The minimum absolute atomic E-state index is 0.0377. The van der Waals surface area contributed by atoms with E-state index in [1.807, 2.05) is 75.4 Å². The van der Waals surface area contributed by atoms with E-state index in [2.05, 4.69) is 4.90 Å². The van der Waals surface area contributed by atoms with Crippen LogP contribution in [0.4, 0.5) is 11.4 Å². The Balaban J connectivity index is 1.89. The van der Waals surface area contributed by atoms with Gasteiger partial charge in [0.2, 0.25) is 0 Å². The van der Waals surface area contributed by atoms with Gasteiger partial charge in [-0.2, -0.15) is 0 Å². The Morgan fingerprint density at radius 3 is 2.28 bits per heavy atom. The molecule has 0 bridgehead atoms. The van der Waals surface area contributed by atoms with Crippen molar-refractivity contribution in [2.75, 3.05) is 17.2 Å². The molecule has 3 unspecified atom stereocenters. The van der Waals surface area contributed by atoms with Gasteiger partial charge < -0.3 is 15.4 Å². The third-order valence-corrected chi connectivity index (χ3v) is 5.60. The molecule has 29 heavy (non-hydrogen) atoms. The van der Waals surface area contributed by atoms with Crippen molar-refractivity contribution in [3.05, 3.63) is 60.2 Å². The maximum absolute atomic E-state index is 13.5. The van der Waals surface area contributed by atoms with E-state index in [0.29, 0.717) is 25.1 Å². The van der Waals surface area contributed by atoms with Crippen molar-refractivity contribution in [2.45, 2.75) is 45.8 Å². The van der Waals surface area contributed by atoms with E-state index in [1.54, 1.807) is 0 Å². The molecule has 1 aliphatic rings. The highest BCUT2D eigenvalue weighted by Crippen LogP contribution is 2.31. The predicted molar refractivity (Wildman–Crippen MR) is 116 cm³/mol. The van der Waals surface area contributed by atoms with Gasteiger partial charge in [0.1, 0.15) is 18.1 Å². The van der Waals surface area contributed by atoms with Crippen LogP contribution in [0.1, 0.15) is 32.8 Å². The number of ether oxygens (including phenoxy) is 1. The van der Waals surface area contributed by atoms with E-state index in [1.165, 1.54) is 0 Å². The molecule has 1 fully saturated rings. The van der Waals surface area contributed by atoms with Crippen LogP contribution < -0.4 is 10.6 Å². The predicted octanol–water partition coefficient (Wildman–Crippen LogP) is 3.86. The molecule has 1 aliphatic heterocycles. The van der Waals surface area contributed by atoms with Crippen molar-refractivity contribution in [3.8, 4) is 0 Å². The third kappa shape index (κ3) is 4.61. The monoisotopic (exact) mass is 394 g/mol. The van der Waals surface area contributed by atoms with Gasteiger partial charge in [0.05, 0.1) is 0 Å². The van der Waals surface area contributed by atoms with Gasteiger partial charge in [-0.15, -0.1) is 0 Å². The van der Waals surface area contributed by atoms with Crippen LogP contribution in [-0.2, 0) is 20.7 Å². The van der Waals surface area contributed by atoms with E-state index < -0.39 is 24.0 Å². The Bertz CT molecular complexity index is 833. The summed E-state index contributed by atoms with van der Waals surface area (Å²) in [5.41, 5.74) is 8.55. The molecule has 0 radical (unpaired) electrons. The molecule has 2 N–H and O–H groups in total. The van der Waals surface area contributed by atoms with Crippen LogP contribution in [0.5, 0.6) is 0 Å². The average Bonchev–Trinajstić information content (AvgIpc) is 2.70. The van der Waals surface area contributed by atoms with Gasteiger partial charge in [-0.05, 0) is 55.5 Å². The second-order valence-corrected chi connectivity index (χ2v) is 7.95. The Morgan fingerprint density at radius 1 is 1.03 bits per heavy atom. The van der Waals surface area contributed by atoms with Crippen molar-refractivity contribution >= 4 is 23.1 Å². The van der Waals surface area contributed by atoms with Crippen LogP contribution in [0.25, 0.3) is 0 Å². The minimum atomic E-state index is -0.717. The molecule has 3 rings (SSSR count). The van der Waals surface area contributed by atoms with Crippen molar-refractivity contribution in [1.29, 1.82) is 0 Å². The Morgan fingerprint density at radius 2 is 1.69 bits per heavy atom. The number of ketones is 1. The van der Waals surface area contributed by atoms with Crippen LogP contribution in [0, 0.1) is 11.8 Å². The number of likely N-dealkylation sites (N-methyl/N-ethyl adjacent to an activating group) is 1. The lowest BCUT2D eigenvalue weighted by atomic mass is 9.81. The number of nitrogens with two attached hydrogens (primary N) is 1. The molecule has 2 aromatic rings. The van der Waals surface area contributed by atoms with E-state index >= 15 is 0 Å². The van der Waals surface area contributed by atoms with E-state index in [4.69, 9.17) is 10.5 Å². The minimum Gasteiger partial charge on any atom is -0.459 e. The third-order valence-electron chi connectivity index (χ3n) is 5.60. The molecule has 0 spiro atoms. The summed E-state index contributed by atoms with van der Waals surface area (Å²) in [7, 11) is 0. The van der Waals surface area contributed by atoms with Crippen LogP contribution in [-0.4, -0.2) is 30.4 Å². The molecule has 154 valence electrons. The lowest BCUT2D eigenvalue weighted by Gasteiger charge is -2.42. The zero-order valence-electron chi connectivity index (χ0n) is 17.4. The van der Waals surface area contributed by atoms with Gasteiger partial charge in [0, 0.05) is 17.9 Å². The Kier molecular flexibility index (Phi) is 6.57. The molecule has 0 saturated carbocycles. The standard InChI is InChI=1S/C24H30N2O3/c1-4-26(19-8-6-5-7-9-19)22-20(15-12-17-10-13-18(25)14-11-17)29-24(28)21(16(2)3)23(22)27/h5-11,13-14,16,20-22H,4,12,15,25H2,1-3H3. The SMILES string of the molecule is CCN(c1ccccc1)C1C(=O)C(C(C)C)C(=O)OC1CCc1ccc(N)cc1. The highest BCUT2D eigenvalue weighted by Gasteiger charge is 2.48. The van der Waals surface area contributed by atoms with Crippen LogP contribution in [0.3, 0.4) is 0 Å². The number of nitrogens with zero attached hydrogens (tertiary/aromatic N) is 1. The summed E-state index contributed by atoms with van der Waals surface area (Å²) < 4.78 is 5.87. The molecular weight excluding hydrogens is 364 g/mol. The molecule has 0 aliphatic carbocycles. The highest BCUT2D eigenvalue weighted by molar-refractivity contribution is 6.05. The number of esters is 1. The Hall–Kier alpha value is -2.82. The maximum atomic E-state index is 13.5. The first kappa shape index (κ1) is 20.9. The summed E-state index contributed by atoms with van der Waals surface area (Å²) in [4.78, 5) is 28.2. The lowest BCUT2D eigenvalue weighted by Crippen LogP contribution is -2.59. The van der Waals surface area contributed by atoms with Gasteiger partial charge in [-0.1, -0.05) is 44.2 Å². The summed E-state index contributed by atoms with van der Waals surface area (Å²) in [6.45, 7) is 6.47. The molecule has 5 heteroatoms. The van der Waals surface area contributed by atoms with Crippen molar-refractivity contribution in [2.24, 2.45) is 11.8 Å². The second-order valence-electron chi connectivity index (χ2n) is 7.95. The Labute approximate surface area is 172 Å². The van der Waals surface area contributed by atoms with Gasteiger partial charge in [-0.25, -0.2) is 0 Å². The van der Waals surface area contributed by atoms with Crippen LogP contribution >= 0.6 is 0 Å². The number of carbonyl (C=O) groups excluding carboxylic acids is 2. The smallest absolute Gasteiger partial charge is 0.317 e. The number of rotatable bonds is 7. The number of benzene rings is 2. The molecule has 3 atom stereocenters. The number of nitrogen functional groups attached to an aromatic ring is 1. The summed E-state index contributed by atoms with van der Waals surface area (Å²) in [5, 5.41) is 0. The zero-order chi connectivity index (χ0) is 21.0. The summed E-state index contributed by atoms with van der Waals surface area (Å²) in [6, 6.07) is 17.1. The summed E-state index contributed by atoms with van der Waals surface area (Å²) in [5.74, 6) is -1.24. The molecule has 5 nitrogen and oxygen atoms in total. The lowest BCUT2D eigenvalue weighted by molar-refractivity contribution is -0.169. The van der Waals surface area contributed by atoms with Crippen LogP contribution in [0.15, 0.2) is 54.6 Å². The number of para-hydroxylation sites is 1. The number of hydrogen-bond acceptors (Lipinski definition) is 5. The van der Waals surface area contributed by atoms with Crippen molar-refractivity contribution in [3.63, 3.8) is 0 Å². The number of anilines is 2. The fourth-order valence-corrected chi connectivity index (χ4v) is 4.09. The number of hydrogen-bond donors (Lipinski definition) is 1. The van der Waals surface area contributed by atoms with E-state index in [9.17, 15) is 9.59 Å². The van der Waals surface area contributed by atoms with E-state index in [-0.39, 0.29) is 11.7 Å². The largest absolute Gasteiger partial charge is 0.459 e. The highest BCUT2D eigenvalue weighted by atomic mass is 16.5. The fraction of sp³-hybridized carbons (Fsp3) is 0.417. The van der Waals surface area contributed by atoms with Crippen molar-refractivity contribution in [1.82, 2.24) is 0 Å². The summed E-state index contributed by atoms with van der Waals surface area (Å²) in [6.07, 6.45) is 0.809. The quantitative estimate of drug-likeness (QED) is 0.438. The molecule has 1 saturated heterocycles. The molecular formula is C24H30N2O3. The second kappa shape index (κ2) is 9.12. The summed E-state index contributed by atoms with van der Waals surface area (Å²) >= 11 is 0. The number of aryl methyl sites for hydroxylation is 1. The zero-order valence-corrected chi connectivity index (χ0v) is 17.4. The molecule has 1 heterocycles. The fourth-order valence-electron chi connectivity index (χ4n) is 4.09. The van der Waals surface area contributed by atoms with E-state index in [0.717, 1.165) is 11.3 Å². The number of carbonyl (C=O) groups is 2.